The van der Waals surface area contributed by atoms with Gasteiger partial charge in [0.2, 0.25) is 15.0 Å². The van der Waals surface area contributed by atoms with E-state index in [4.69, 9.17) is 42.6 Å². The van der Waals surface area contributed by atoms with Crippen molar-refractivity contribution in [2.45, 2.75) is 99.4 Å². The number of aryl methyl sites for hydroxylation is 3. The van der Waals surface area contributed by atoms with Crippen LogP contribution in [0.4, 0.5) is 5.82 Å². The Morgan fingerprint density at radius 3 is 1.34 bits per heavy atom. The molecular weight excluding hydrogens is 2000 g/mol. The van der Waals surface area contributed by atoms with Crippen LogP contribution in [0.3, 0.4) is 0 Å². The Morgan fingerprint density at radius 2 is 0.950 bits per heavy atom. The number of carbonyl (C=O) groups excluding carboxylic acids is 5. The number of alkyl halides is 2. The van der Waals surface area contributed by atoms with Gasteiger partial charge in [-0.2, -0.15) is 0 Å². The van der Waals surface area contributed by atoms with Crippen molar-refractivity contribution in [3.63, 3.8) is 0 Å². The second kappa shape index (κ2) is 55.7. The molecule has 0 radical (unpaired) electrons. The number of pyridine rings is 12. The summed E-state index contributed by atoms with van der Waals surface area (Å²) in [5.41, 5.74) is 18.1. The van der Waals surface area contributed by atoms with Gasteiger partial charge in [-0.1, -0.05) is 41.9 Å². The number of ether oxygens (including phenoxy) is 4. The van der Waals surface area contributed by atoms with E-state index in [2.05, 4.69) is 173 Å². The van der Waals surface area contributed by atoms with Crippen molar-refractivity contribution in [3.8, 4) is 0 Å². The average Bonchev–Trinajstić information content (AvgIpc) is 1.61. The molecule has 15 aromatic heterocycles. The van der Waals surface area contributed by atoms with Gasteiger partial charge in [-0.15, -0.1) is 11.6 Å². The van der Waals surface area contributed by atoms with Crippen molar-refractivity contribution in [1.29, 1.82) is 0 Å². The molecule has 0 spiro atoms. The van der Waals surface area contributed by atoms with E-state index in [1.165, 1.54) is 24.2 Å². The molecule has 29 nitrogen and oxygen atoms in total. The maximum absolute atomic E-state index is 11.9. The van der Waals surface area contributed by atoms with Crippen LogP contribution in [-0.4, -0.2) is 150 Å². The second-order valence-electron chi connectivity index (χ2n) is 23.5. The number of nitrogens with one attached hydrogen (secondary N) is 1. The van der Waals surface area contributed by atoms with Crippen molar-refractivity contribution in [2.75, 3.05) is 38.8 Å². The van der Waals surface area contributed by atoms with Gasteiger partial charge in [-0.25, -0.2) is 43.5 Å². The first kappa shape index (κ1) is 105. The van der Waals surface area contributed by atoms with Gasteiger partial charge in [0.1, 0.15) is 27.9 Å². The summed E-state index contributed by atoms with van der Waals surface area (Å²) in [4.78, 5) is 114. The number of nitrogens with two attached hydrogens (primary N) is 1. The molecule has 4 N–H and O–H groups in total. The summed E-state index contributed by atoms with van der Waals surface area (Å²) < 4.78 is 43.3. The molecule has 16 rings (SSSR count). The number of hydrogen-bond donors (Lipinski definition) is 3. The summed E-state index contributed by atoms with van der Waals surface area (Å²) in [6.07, 6.45) is 23.9. The Morgan fingerprint density at radius 1 is 0.579 bits per heavy atom. The van der Waals surface area contributed by atoms with E-state index >= 15 is 0 Å². The van der Waals surface area contributed by atoms with Crippen molar-refractivity contribution in [1.82, 2.24) is 73.0 Å². The van der Waals surface area contributed by atoms with Crippen LogP contribution in [-0.2, 0) is 75.7 Å². The number of esters is 3. The fourth-order valence-corrected chi connectivity index (χ4v) is 11.0. The van der Waals surface area contributed by atoms with Crippen LogP contribution in [0.2, 0.25) is 5.15 Å². The second-order valence-corrected chi connectivity index (χ2v) is 39.4. The van der Waals surface area contributed by atoms with Gasteiger partial charge in [0, 0.05) is 154 Å². The summed E-state index contributed by atoms with van der Waals surface area (Å²) in [6.45, 7) is 17.0. The fourth-order valence-electron chi connectivity index (χ4n) is 10.3. The Bertz CT molecular complexity index is 5790. The molecule has 1 saturated heterocycles. The number of fused-ring (bicyclic) bond motifs is 12. The van der Waals surface area contributed by atoms with Crippen molar-refractivity contribution < 1.29 is 68.1 Å². The van der Waals surface area contributed by atoms with E-state index in [9.17, 15) is 38.4 Å². The zero-order chi connectivity index (χ0) is 88.4. The van der Waals surface area contributed by atoms with Crippen LogP contribution in [0.1, 0.15) is 100 Å². The van der Waals surface area contributed by atoms with Gasteiger partial charge in [-0.3, -0.25) is 48.9 Å². The number of aromatic nitrogens is 15. The number of H-pyrrole nitrogens is 1. The van der Waals surface area contributed by atoms with Crippen LogP contribution in [0.15, 0.2) is 188 Å². The molecule has 1 atom stereocenters. The molecule has 121 heavy (non-hydrogen) atoms. The zero-order valence-corrected chi connectivity index (χ0v) is 77.8. The summed E-state index contributed by atoms with van der Waals surface area (Å²) in [7, 11) is 7.36. The molecule has 649 valence electrons. The molecular formula is C79H83Br3Cl7CuN16O13PS. The first-order chi connectivity index (χ1) is 57.4. The summed E-state index contributed by atoms with van der Waals surface area (Å²) in [5, 5.41) is 11.9. The molecule has 0 saturated carbocycles. The number of carbonyl (C=O) groups is 5. The van der Waals surface area contributed by atoms with Gasteiger partial charge >= 0.3 is 62.7 Å². The monoisotopic (exact) mass is 2070 g/mol. The number of aromatic amines is 1. The Hall–Kier alpha value is -8.38. The maximum atomic E-state index is 11.9. The number of halogens is 10. The number of aliphatic hydroxyl groups is 1. The predicted octanol–water partition coefficient (Wildman–Crippen LogP) is 19.8. The number of ketones is 2. The number of rotatable bonds is 10. The van der Waals surface area contributed by atoms with Crippen molar-refractivity contribution in [2.24, 2.45) is 0 Å². The topological polar surface area (TPSA) is 391 Å². The third-order valence-corrected chi connectivity index (χ3v) is 16.8. The Kier molecular flexibility index (Phi) is 48.3. The first-order valence-corrected chi connectivity index (χ1v) is 49.2. The summed E-state index contributed by atoms with van der Waals surface area (Å²) in [6, 6.07) is 33.9. The van der Waals surface area contributed by atoms with E-state index in [-0.39, 0.29) is 45.2 Å². The van der Waals surface area contributed by atoms with E-state index < -0.39 is 42.8 Å². The number of nitrogen functional groups attached to an aromatic ring is 1. The first-order valence-electron chi connectivity index (χ1n) is 35.5. The molecule has 1 unspecified atom stereocenters. The fraction of sp³-hybridized carbons (Fsp3) is 0.253. The third-order valence-electron chi connectivity index (χ3n) is 15.8. The molecule has 0 aliphatic carbocycles. The van der Waals surface area contributed by atoms with Gasteiger partial charge < -0.3 is 48.0 Å². The minimum atomic E-state index is -3.22. The number of hydrogen-bond acceptors (Lipinski definition) is 25. The third kappa shape index (κ3) is 34.0. The molecule has 42 heteroatoms. The zero-order valence-electron chi connectivity index (χ0n) is 65.1. The van der Waals surface area contributed by atoms with Crippen LogP contribution >= 0.6 is 128 Å². The van der Waals surface area contributed by atoms with Gasteiger partial charge in [0.05, 0.1) is 92.7 Å². The number of imidazole rings is 3. The van der Waals surface area contributed by atoms with Crippen molar-refractivity contribution >= 4 is 255 Å². The molecule has 1 aliphatic heterocycles. The SMILES string of the molecule is C.C1CCOC1.CCOC(=O)C(=O)C(C)Br.CCOC(=O)C(=O)CC.CCOC(=O)c1nc2c3cccnc3ccn2c1C.Cc1c(CCl)nc2c3cccnc3ccn12.Cc1c(CO)nc2c3cccnc3ccn12.Clc1nccc2ncccc12.Nc1nccc2ncccc12.O=P(Cl)(Cl)Cl.O=S(Cl)Cl.O=c1[nH]ccc2ncccc12.[Br][Cu][Br]. The van der Waals surface area contributed by atoms with Gasteiger partial charge in [0.15, 0.2) is 5.69 Å². The quantitative estimate of drug-likeness (QED) is 0.0167. The average molecular weight is 2080 g/mol. The molecule has 0 bridgehead atoms. The molecule has 0 amide bonds. The molecule has 1 fully saturated rings. The number of anilines is 1. The Balaban J connectivity index is 0.000000285. The molecule has 1 aliphatic rings. The molecule has 0 aromatic carbocycles. The van der Waals surface area contributed by atoms with Crippen LogP contribution in [0.5, 0.6) is 0 Å². The van der Waals surface area contributed by atoms with E-state index in [0.29, 0.717) is 34.5 Å². The van der Waals surface area contributed by atoms with Crippen molar-refractivity contribution in [3.05, 3.63) is 233 Å². The normalized spacial score (nSPS) is 11.1. The predicted molar refractivity (Wildman–Crippen MR) is 490 cm³/mol. The van der Waals surface area contributed by atoms with Crippen LogP contribution < -0.4 is 11.3 Å². The van der Waals surface area contributed by atoms with Gasteiger partial charge in [-0.05, 0) is 204 Å². The van der Waals surface area contributed by atoms with Gasteiger partial charge in [0.25, 0.3) is 11.3 Å². The standard InChI is InChI=1S/C14H13N3O2.C12H10ClN3.C12H11N3O.C8H5ClN2.C8H7N3.C8H6N2O.C6H9BrO3.C6H10O3.C4H8O.CH4.2BrH.Cl3OP.Cl2OS.Cu/c1-3-19-14(18)12-9(2)17-8-6-11-10(13(17)16-12)5-4-7-15-11;1-8-11(7-13)15-12-9-3-2-5-14-10(9)4-6-16(8)12;1-8-11(7-16)14-12-9-3-2-5-13-10(9)4-6-15(8)12;2*9-8-6-2-1-4-10-7(6)3-5-11-8;11-8-6-2-1-4-9-7(6)3-5-10-8;1-3-10-6(9)5(8)4(2)7;1-3-5(7)6(8)9-4-2;1-2-4-5-3-1;;;;1-5(2,3)4;1-4(2)3;/h4-8H,3H2,1-2H3;2-6H,7H2,1H3;2-6,16H,7H2,1H3;1-5H;1-5H,(H2,9,11);1-5H,(H,10,11);4H,3H2,1-2H3;3-4H2,1-2H3;1-4H2;1H4;2*1H;;;/q;;;;;;;;;;;;;;+2/p-2. The van der Waals surface area contributed by atoms with E-state index in [1.807, 2.05) is 139 Å². The van der Waals surface area contributed by atoms with Crippen LogP contribution in [0.25, 0.3) is 82.4 Å². The number of nitrogens with zero attached hydrogens (tertiary/aromatic N) is 14. The molecule has 16 heterocycles. The molecule has 15 aromatic rings. The van der Waals surface area contributed by atoms with Crippen LogP contribution in [0, 0.1) is 20.8 Å². The Labute approximate surface area is 760 Å². The number of Topliss-reactive ketones (excluding diaryl/α,β-unsaturated/α-hetero) is 2. The minimum absolute atomic E-state index is 0. The van der Waals surface area contributed by atoms with E-state index in [0.717, 1.165) is 119 Å². The summed E-state index contributed by atoms with van der Waals surface area (Å²) >= 11 is 35.9. The summed E-state index contributed by atoms with van der Waals surface area (Å²) in [5.74, 6) is -1.91. The number of aliphatic hydroxyl groups excluding tert-OH is 1. The van der Waals surface area contributed by atoms with E-state index in [1.54, 1.807) is 109 Å².